The summed E-state index contributed by atoms with van der Waals surface area (Å²) < 4.78 is 0. The predicted molar refractivity (Wildman–Crippen MR) is 94.2 cm³/mol. The first-order valence-electron chi connectivity index (χ1n) is 9.08. The Balaban J connectivity index is 1.42. The fourth-order valence-electron chi connectivity index (χ4n) is 3.54. The molecular weight excluding hydrogens is 302 g/mol. The summed E-state index contributed by atoms with van der Waals surface area (Å²) in [6.07, 6.45) is 5.95. The van der Waals surface area contributed by atoms with Crippen LogP contribution in [0.5, 0.6) is 0 Å². The van der Waals surface area contributed by atoms with Crippen LogP contribution in [0.3, 0.4) is 0 Å². The van der Waals surface area contributed by atoms with Crippen molar-refractivity contribution in [3.05, 3.63) is 35.9 Å². The average Bonchev–Trinajstić information content (AvgIpc) is 2.64. The second-order valence-corrected chi connectivity index (χ2v) is 6.84. The maximum absolute atomic E-state index is 12.3. The Bertz CT molecular complexity index is 547. The minimum absolute atomic E-state index is 0.0657. The second kappa shape index (κ2) is 8.29. The zero-order chi connectivity index (χ0) is 16.8. The third-order valence-electron chi connectivity index (χ3n) is 5.06. The molecule has 2 aliphatic rings. The van der Waals surface area contributed by atoms with Crippen LogP contribution in [-0.2, 0) is 0 Å². The molecule has 0 atom stereocenters. The average molecular weight is 329 g/mol. The Morgan fingerprint density at radius 3 is 2.29 bits per heavy atom. The SMILES string of the molecule is O=C(CN1CCN(C(=O)NC2CCCCC2)CC1)c1ccccc1. The molecule has 24 heavy (non-hydrogen) atoms. The number of nitrogens with zero attached hydrogens (tertiary/aromatic N) is 2. The van der Waals surface area contributed by atoms with Crippen LogP contribution in [0.1, 0.15) is 42.5 Å². The normalized spacial score (nSPS) is 19.9. The minimum atomic E-state index is 0.0657. The molecule has 1 saturated carbocycles. The quantitative estimate of drug-likeness (QED) is 0.864. The van der Waals surface area contributed by atoms with Crippen molar-refractivity contribution in [2.75, 3.05) is 32.7 Å². The number of hydrogen-bond donors (Lipinski definition) is 1. The lowest BCUT2D eigenvalue weighted by Gasteiger charge is -2.35. The number of Topliss-reactive ketones (excluding diaryl/α,β-unsaturated/α-hetero) is 1. The number of urea groups is 1. The molecule has 0 radical (unpaired) electrons. The third kappa shape index (κ3) is 4.57. The summed E-state index contributed by atoms with van der Waals surface area (Å²) in [5.41, 5.74) is 0.759. The molecule has 0 aromatic heterocycles. The first kappa shape index (κ1) is 17.0. The van der Waals surface area contributed by atoms with Gasteiger partial charge in [-0.25, -0.2) is 4.79 Å². The summed E-state index contributed by atoms with van der Waals surface area (Å²) in [6, 6.07) is 9.83. The molecule has 1 aliphatic heterocycles. The number of carbonyl (C=O) groups is 2. The minimum Gasteiger partial charge on any atom is -0.335 e. The van der Waals surface area contributed by atoms with Gasteiger partial charge in [-0.15, -0.1) is 0 Å². The molecule has 0 spiro atoms. The molecule has 2 amide bonds. The van der Waals surface area contributed by atoms with Gasteiger partial charge in [0.25, 0.3) is 0 Å². The highest BCUT2D eigenvalue weighted by Crippen LogP contribution is 2.17. The molecule has 2 fully saturated rings. The summed E-state index contributed by atoms with van der Waals surface area (Å²) in [5, 5.41) is 3.17. The van der Waals surface area contributed by atoms with Crippen molar-refractivity contribution < 1.29 is 9.59 Å². The van der Waals surface area contributed by atoms with Crippen molar-refractivity contribution in [2.24, 2.45) is 0 Å². The van der Waals surface area contributed by atoms with Gasteiger partial charge in [-0.1, -0.05) is 49.6 Å². The molecule has 0 bridgehead atoms. The lowest BCUT2D eigenvalue weighted by molar-refractivity contribution is 0.0876. The highest BCUT2D eigenvalue weighted by molar-refractivity contribution is 5.97. The maximum atomic E-state index is 12.3. The molecule has 1 aliphatic carbocycles. The zero-order valence-electron chi connectivity index (χ0n) is 14.2. The van der Waals surface area contributed by atoms with E-state index in [0.29, 0.717) is 25.7 Å². The lowest BCUT2D eigenvalue weighted by Crippen LogP contribution is -2.54. The van der Waals surface area contributed by atoms with Crippen LogP contribution in [0.15, 0.2) is 30.3 Å². The van der Waals surface area contributed by atoms with Crippen LogP contribution < -0.4 is 5.32 Å². The van der Waals surface area contributed by atoms with Crippen LogP contribution in [0, 0.1) is 0 Å². The van der Waals surface area contributed by atoms with Crippen LogP contribution in [0.2, 0.25) is 0 Å². The Morgan fingerprint density at radius 1 is 0.958 bits per heavy atom. The molecule has 1 aromatic carbocycles. The number of amides is 2. The summed E-state index contributed by atoms with van der Waals surface area (Å²) in [6.45, 7) is 3.34. The lowest BCUT2D eigenvalue weighted by atomic mass is 9.96. The van der Waals surface area contributed by atoms with E-state index in [4.69, 9.17) is 0 Å². The topological polar surface area (TPSA) is 52.7 Å². The monoisotopic (exact) mass is 329 g/mol. The third-order valence-corrected chi connectivity index (χ3v) is 5.06. The van der Waals surface area contributed by atoms with E-state index in [0.717, 1.165) is 31.5 Å². The van der Waals surface area contributed by atoms with Crippen molar-refractivity contribution in [3.63, 3.8) is 0 Å². The van der Waals surface area contributed by atoms with E-state index >= 15 is 0 Å². The number of piperazine rings is 1. The molecule has 1 N–H and O–H groups in total. The second-order valence-electron chi connectivity index (χ2n) is 6.84. The van der Waals surface area contributed by atoms with Crippen LogP contribution in [-0.4, -0.2) is 60.4 Å². The Kier molecular flexibility index (Phi) is 5.86. The smallest absolute Gasteiger partial charge is 0.317 e. The molecular formula is C19H27N3O2. The fraction of sp³-hybridized carbons (Fsp3) is 0.579. The van der Waals surface area contributed by atoms with Gasteiger partial charge in [-0.3, -0.25) is 9.69 Å². The van der Waals surface area contributed by atoms with Gasteiger partial charge in [0.05, 0.1) is 6.54 Å². The van der Waals surface area contributed by atoms with Crippen LogP contribution in [0.4, 0.5) is 4.79 Å². The van der Waals surface area contributed by atoms with Gasteiger partial charge in [-0.05, 0) is 12.8 Å². The van der Waals surface area contributed by atoms with Crippen LogP contribution >= 0.6 is 0 Å². The molecule has 1 aromatic rings. The summed E-state index contributed by atoms with van der Waals surface area (Å²) >= 11 is 0. The highest BCUT2D eigenvalue weighted by Gasteiger charge is 2.24. The van der Waals surface area contributed by atoms with Crippen LogP contribution in [0.25, 0.3) is 0 Å². The number of ketones is 1. The summed E-state index contributed by atoms with van der Waals surface area (Å²) in [4.78, 5) is 28.6. The van der Waals surface area contributed by atoms with E-state index in [9.17, 15) is 9.59 Å². The van der Waals surface area contributed by atoms with E-state index in [1.807, 2.05) is 35.2 Å². The van der Waals surface area contributed by atoms with E-state index < -0.39 is 0 Å². The van der Waals surface area contributed by atoms with Crippen molar-refractivity contribution in [1.82, 2.24) is 15.1 Å². The van der Waals surface area contributed by atoms with Gasteiger partial charge in [0.1, 0.15) is 0 Å². The molecule has 3 rings (SSSR count). The van der Waals surface area contributed by atoms with Crippen molar-refractivity contribution in [2.45, 2.75) is 38.1 Å². The molecule has 5 nitrogen and oxygen atoms in total. The fourth-order valence-corrected chi connectivity index (χ4v) is 3.54. The highest BCUT2D eigenvalue weighted by atomic mass is 16.2. The molecule has 0 unspecified atom stereocenters. The van der Waals surface area contributed by atoms with Crippen molar-refractivity contribution >= 4 is 11.8 Å². The first-order chi connectivity index (χ1) is 11.7. The van der Waals surface area contributed by atoms with Crippen molar-refractivity contribution in [1.29, 1.82) is 0 Å². The zero-order valence-corrected chi connectivity index (χ0v) is 14.2. The number of hydrogen-bond acceptors (Lipinski definition) is 3. The van der Waals surface area contributed by atoms with E-state index in [-0.39, 0.29) is 11.8 Å². The number of benzene rings is 1. The van der Waals surface area contributed by atoms with Gasteiger partial charge >= 0.3 is 6.03 Å². The summed E-state index contributed by atoms with van der Waals surface area (Å²) in [5.74, 6) is 0.149. The Morgan fingerprint density at radius 2 is 1.62 bits per heavy atom. The molecule has 130 valence electrons. The van der Waals surface area contributed by atoms with Gasteiger partial charge in [-0.2, -0.15) is 0 Å². The maximum Gasteiger partial charge on any atom is 0.317 e. The van der Waals surface area contributed by atoms with E-state index in [1.165, 1.54) is 19.3 Å². The van der Waals surface area contributed by atoms with Gasteiger partial charge in [0.15, 0.2) is 5.78 Å². The number of carbonyl (C=O) groups excluding carboxylic acids is 2. The number of rotatable bonds is 4. The Hall–Kier alpha value is -1.88. The van der Waals surface area contributed by atoms with E-state index in [2.05, 4.69) is 10.2 Å². The van der Waals surface area contributed by atoms with Gasteiger partial charge in [0.2, 0.25) is 0 Å². The number of nitrogens with one attached hydrogen (secondary N) is 1. The molecule has 5 heteroatoms. The molecule has 1 heterocycles. The van der Waals surface area contributed by atoms with Gasteiger partial charge in [0, 0.05) is 37.8 Å². The van der Waals surface area contributed by atoms with Crippen molar-refractivity contribution in [3.8, 4) is 0 Å². The molecule has 1 saturated heterocycles. The standard InChI is InChI=1S/C19H27N3O2/c23-18(16-7-3-1-4-8-16)15-21-11-13-22(14-12-21)19(24)20-17-9-5-2-6-10-17/h1,3-4,7-8,17H,2,5-6,9-15H2,(H,20,24). The van der Waals surface area contributed by atoms with E-state index in [1.54, 1.807) is 0 Å². The first-order valence-corrected chi connectivity index (χ1v) is 9.08. The predicted octanol–water partition coefficient (Wildman–Crippen LogP) is 2.53. The Labute approximate surface area is 144 Å². The van der Waals surface area contributed by atoms with Gasteiger partial charge < -0.3 is 10.2 Å². The largest absolute Gasteiger partial charge is 0.335 e. The summed E-state index contributed by atoms with van der Waals surface area (Å²) in [7, 11) is 0.